The molecule has 138 valence electrons. The molecular formula is C16H22N2O6S. The van der Waals surface area contributed by atoms with Crippen LogP contribution in [0.5, 0.6) is 0 Å². The number of aliphatic hydroxyl groups excluding tert-OH is 1. The van der Waals surface area contributed by atoms with E-state index in [4.69, 9.17) is 4.74 Å². The van der Waals surface area contributed by atoms with Crippen molar-refractivity contribution in [1.29, 1.82) is 0 Å². The van der Waals surface area contributed by atoms with E-state index in [9.17, 15) is 23.1 Å². The van der Waals surface area contributed by atoms with Crippen molar-refractivity contribution < 1.29 is 27.9 Å². The van der Waals surface area contributed by atoms with E-state index in [0.717, 1.165) is 0 Å². The number of aliphatic hydroxyl groups is 1. The third-order valence-electron chi connectivity index (χ3n) is 3.87. The van der Waals surface area contributed by atoms with Gasteiger partial charge in [-0.15, -0.1) is 0 Å². The lowest BCUT2D eigenvalue weighted by Gasteiger charge is -2.29. The Morgan fingerprint density at radius 2 is 1.96 bits per heavy atom. The van der Waals surface area contributed by atoms with Crippen molar-refractivity contribution in [2.24, 2.45) is 0 Å². The summed E-state index contributed by atoms with van der Waals surface area (Å²) in [6, 6.07) is 7.70. The Labute approximate surface area is 146 Å². The molecule has 1 saturated heterocycles. The van der Waals surface area contributed by atoms with Crippen LogP contribution in [0.1, 0.15) is 17.3 Å². The summed E-state index contributed by atoms with van der Waals surface area (Å²) in [7, 11) is -3.41. The lowest BCUT2D eigenvalue weighted by Crippen LogP contribution is -2.49. The number of nitrogens with zero attached hydrogens (tertiary/aromatic N) is 1. The average molecular weight is 370 g/mol. The van der Waals surface area contributed by atoms with Gasteiger partial charge in [-0.05, 0) is 19.1 Å². The molecule has 2 rings (SSSR count). The van der Waals surface area contributed by atoms with Gasteiger partial charge < -0.3 is 15.2 Å². The van der Waals surface area contributed by atoms with Gasteiger partial charge in [0.05, 0.1) is 30.3 Å². The summed E-state index contributed by atoms with van der Waals surface area (Å²) in [5.74, 6) is -1.01. The zero-order valence-electron chi connectivity index (χ0n) is 13.9. The molecule has 0 aromatic heterocycles. The molecule has 9 heteroatoms. The van der Waals surface area contributed by atoms with Crippen molar-refractivity contribution in [3.05, 3.63) is 35.9 Å². The van der Waals surface area contributed by atoms with Gasteiger partial charge >= 0.3 is 6.09 Å². The Balaban J connectivity index is 1.99. The highest BCUT2D eigenvalue weighted by atomic mass is 32.2. The van der Waals surface area contributed by atoms with Crippen LogP contribution in [0, 0.1) is 0 Å². The summed E-state index contributed by atoms with van der Waals surface area (Å²) in [6.07, 6.45) is -1.88. The van der Waals surface area contributed by atoms with E-state index in [1.165, 1.54) is 4.90 Å². The molecule has 0 saturated carbocycles. The Hall–Kier alpha value is -2.13. The number of sulfone groups is 1. The van der Waals surface area contributed by atoms with Gasteiger partial charge in [0.15, 0.2) is 9.84 Å². The predicted octanol–water partition coefficient (Wildman–Crippen LogP) is 0.0328. The summed E-state index contributed by atoms with van der Waals surface area (Å²) < 4.78 is 28.3. The number of hydrogen-bond acceptors (Lipinski definition) is 6. The Bertz CT molecular complexity index is 707. The first kappa shape index (κ1) is 19.2. The molecule has 1 aliphatic rings. The molecule has 1 heterocycles. The first-order valence-corrected chi connectivity index (χ1v) is 9.81. The molecule has 2 N–H and O–H groups in total. The van der Waals surface area contributed by atoms with Gasteiger partial charge in [0.1, 0.15) is 0 Å². The Morgan fingerprint density at radius 1 is 1.28 bits per heavy atom. The SMILES string of the molecule is CCOC(=O)N(CCNC(=O)c1ccccc1)[C@@H]1CS(=O)(=O)C[C@H]1O. The number of nitrogens with one attached hydrogen (secondary N) is 1. The van der Waals surface area contributed by atoms with Crippen molar-refractivity contribution in [1.82, 2.24) is 10.2 Å². The van der Waals surface area contributed by atoms with Crippen LogP contribution in [0.15, 0.2) is 30.3 Å². The first-order chi connectivity index (χ1) is 11.8. The van der Waals surface area contributed by atoms with E-state index >= 15 is 0 Å². The molecule has 1 aromatic carbocycles. The minimum Gasteiger partial charge on any atom is -0.450 e. The summed E-state index contributed by atoms with van der Waals surface area (Å²) in [5, 5.41) is 12.6. The number of rotatable bonds is 6. The van der Waals surface area contributed by atoms with Crippen LogP contribution in [0.25, 0.3) is 0 Å². The van der Waals surface area contributed by atoms with E-state index in [2.05, 4.69) is 5.32 Å². The lowest BCUT2D eigenvalue weighted by molar-refractivity contribution is 0.0560. The van der Waals surface area contributed by atoms with Crippen LogP contribution >= 0.6 is 0 Å². The summed E-state index contributed by atoms with van der Waals surface area (Å²) in [5.41, 5.74) is 0.480. The van der Waals surface area contributed by atoms with Crippen LogP contribution in [0.4, 0.5) is 4.79 Å². The van der Waals surface area contributed by atoms with Crippen molar-refractivity contribution in [2.75, 3.05) is 31.2 Å². The molecule has 1 aliphatic heterocycles. The molecule has 0 radical (unpaired) electrons. The highest BCUT2D eigenvalue weighted by Crippen LogP contribution is 2.19. The number of hydrogen-bond donors (Lipinski definition) is 2. The molecule has 25 heavy (non-hydrogen) atoms. The smallest absolute Gasteiger partial charge is 0.410 e. The van der Waals surface area contributed by atoms with Gasteiger partial charge in [0.25, 0.3) is 5.91 Å². The predicted molar refractivity (Wildman–Crippen MR) is 91.0 cm³/mol. The monoisotopic (exact) mass is 370 g/mol. The molecule has 0 bridgehead atoms. The molecule has 0 unspecified atom stereocenters. The maximum atomic E-state index is 12.1. The minimum atomic E-state index is -3.41. The molecule has 1 fully saturated rings. The van der Waals surface area contributed by atoms with Crippen molar-refractivity contribution in [3.8, 4) is 0 Å². The molecule has 8 nitrogen and oxygen atoms in total. The highest BCUT2D eigenvalue weighted by molar-refractivity contribution is 7.91. The molecule has 2 atom stereocenters. The summed E-state index contributed by atoms with van der Waals surface area (Å²) >= 11 is 0. The maximum absolute atomic E-state index is 12.1. The number of carbonyl (C=O) groups is 2. The molecule has 1 aromatic rings. The van der Waals surface area contributed by atoms with E-state index < -0.39 is 28.1 Å². The fourth-order valence-electron chi connectivity index (χ4n) is 2.69. The van der Waals surface area contributed by atoms with Gasteiger partial charge in [-0.3, -0.25) is 9.69 Å². The average Bonchev–Trinajstić information content (AvgIpc) is 2.84. The Kier molecular flexibility index (Phi) is 6.38. The molecule has 2 amide bonds. The molecular weight excluding hydrogens is 348 g/mol. The minimum absolute atomic E-state index is 0.0364. The largest absolute Gasteiger partial charge is 0.450 e. The van der Waals surface area contributed by atoms with E-state index in [-0.39, 0.29) is 37.1 Å². The summed E-state index contributed by atoms with van der Waals surface area (Å²) in [6.45, 7) is 1.90. The van der Waals surface area contributed by atoms with Crippen LogP contribution in [-0.4, -0.2) is 73.8 Å². The molecule has 0 spiro atoms. The maximum Gasteiger partial charge on any atom is 0.410 e. The standard InChI is InChI=1S/C16H22N2O6S/c1-2-24-16(21)18(13-10-25(22,23)11-14(13)19)9-8-17-15(20)12-6-4-3-5-7-12/h3-7,13-14,19H,2,8-11H2,1H3,(H,17,20)/t13-,14-/m1/s1. The topological polar surface area (TPSA) is 113 Å². The number of ether oxygens (including phenoxy) is 1. The number of carbonyl (C=O) groups excluding carboxylic acids is 2. The zero-order valence-corrected chi connectivity index (χ0v) is 14.7. The third kappa shape index (κ3) is 5.17. The lowest BCUT2D eigenvalue weighted by atomic mass is 10.2. The quantitative estimate of drug-likeness (QED) is 0.731. The van der Waals surface area contributed by atoms with Crippen LogP contribution in [0.3, 0.4) is 0 Å². The van der Waals surface area contributed by atoms with Gasteiger partial charge in [0, 0.05) is 18.7 Å². The second kappa shape index (κ2) is 8.30. The fraction of sp³-hybridized carbons (Fsp3) is 0.500. The molecule has 0 aliphatic carbocycles. The normalized spacial score (nSPS) is 21.5. The summed E-state index contributed by atoms with van der Waals surface area (Å²) in [4.78, 5) is 25.3. The Morgan fingerprint density at radius 3 is 2.52 bits per heavy atom. The van der Waals surface area contributed by atoms with Gasteiger partial charge in [0.2, 0.25) is 0 Å². The second-order valence-corrected chi connectivity index (χ2v) is 7.88. The zero-order chi connectivity index (χ0) is 18.4. The van der Waals surface area contributed by atoms with E-state index in [1.807, 2.05) is 0 Å². The highest BCUT2D eigenvalue weighted by Gasteiger charge is 2.42. The first-order valence-electron chi connectivity index (χ1n) is 7.99. The van der Waals surface area contributed by atoms with Crippen LogP contribution in [-0.2, 0) is 14.6 Å². The van der Waals surface area contributed by atoms with Crippen molar-refractivity contribution in [3.63, 3.8) is 0 Å². The van der Waals surface area contributed by atoms with Crippen molar-refractivity contribution >= 4 is 21.8 Å². The number of benzene rings is 1. The van der Waals surface area contributed by atoms with Crippen molar-refractivity contribution in [2.45, 2.75) is 19.1 Å². The van der Waals surface area contributed by atoms with Gasteiger partial charge in [-0.2, -0.15) is 0 Å². The fourth-order valence-corrected chi connectivity index (χ4v) is 4.49. The second-order valence-electron chi connectivity index (χ2n) is 5.73. The third-order valence-corrected chi connectivity index (χ3v) is 5.57. The number of amides is 2. The van der Waals surface area contributed by atoms with E-state index in [0.29, 0.717) is 5.56 Å². The van der Waals surface area contributed by atoms with E-state index in [1.54, 1.807) is 37.3 Å². The van der Waals surface area contributed by atoms with Gasteiger partial charge in [-0.25, -0.2) is 13.2 Å². The van der Waals surface area contributed by atoms with Crippen LogP contribution < -0.4 is 5.32 Å². The van der Waals surface area contributed by atoms with Crippen LogP contribution in [0.2, 0.25) is 0 Å². The van der Waals surface area contributed by atoms with Gasteiger partial charge in [-0.1, -0.05) is 18.2 Å².